The Kier molecular flexibility index (Phi) is 19.3. The molecule has 0 unspecified atom stereocenters. The van der Waals surface area contributed by atoms with Crippen molar-refractivity contribution < 1.29 is 71.4 Å². The van der Waals surface area contributed by atoms with Gasteiger partial charge in [0.1, 0.15) is 23.1 Å². The van der Waals surface area contributed by atoms with E-state index in [2.05, 4.69) is 36.2 Å². The zero-order valence-electron chi connectivity index (χ0n) is 41.3. The Morgan fingerprint density at radius 1 is 0.474 bits per heavy atom. The maximum Gasteiger partial charge on any atom is 0.344 e. The molecule has 0 fully saturated rings. The van der Waals surface area contributed by atoms with E-state index >= 15 is 0 Å². The van der Waals surface area contributed by atoms with Gasteiger partial charge >= 0.3 is 18.1 Å². The predicted octanol–water partition coefficient (Wildman–Crippen LogP) is 8.21. The number of rotatable bonds is 13. The largest absolute Gasteiger partial charge is 1.00 e. The van der Waals surface area contributed by atoms with Crippen molar-refractivity contribution in [3.63, 3.8) is 0 Å². The molecule has 0 aliphatic rings. The second kappa shape index (κ2) is 26.4. The first-order chi connectivity index (χ1) is 37.0. The van der Waals surface area contributed by atoms with Gasteiger partial charge in [-0.3, -0.25) is 0 Å². The van der Waals surface area contributed by atoms with Crippen LogP contribution in [0.2, 0.25) is 0 Å². The smallest absolute Gasteiger partial charge is 0.344 e. The summed E-state index contributed by atoms with van der Waals surface area (Å²) in [4.78, 5) is 45.1. The molecule has 0 spiro atoms. The summed E-state index contributed by atoms with van der Waals surface area (Å²) in [5.74, 6) is -1.49. The molecule has 0 aliphatic carbocycles. The van der Waals surface area contributed by atoms with Crippen molar-refractivity contribution in [2.75, 3.05) is 39.2 Å². The first kappa shape index (κ1) is 57.1. The standard InChI is InChI=1S/2C18H17FN4O4.C16H11F2N3O2.FH/c2*1-22(2)18(24)23-10-9-16(20-23)12-3-6-14(7-4-12)26-17-8-5-13(21-27-25)11-15(17)19;17-11-3-6-15(13(18)9-11)23-12-4-1-10(2-5-12)14-7-8-21(20-14)16(19)22;/h2*3-11,21,25H,1-2H3;1-9H,(H2,19,22);1H/p-1/i;;17-1;1-1. The van der Waals surface area contributed by atoms with Crippen LogP contribution in [0, 0.1) is 23.3 Å². The predicted molar refractivity (Wildman–Crippen MR) is 271 cm³/mol. The van der Waals surface area contributed by atoms with Crippen LogP contribution in [0.25, 0.3) is 33.8 Å². The number of ether oxygens (including phenoxy) is 3. The van der Waals surface area contributed by atoms with E-state index in [0.717, 1.165) is 45.6 Å². The van der Waals surface area contributed by atoms with Crippen LogP contribution in [0.1, 0.15) is 0 Å². The minimum atomic E-state index is -0.783. The third-order valence-corrected chi connectivity index (χ3v) is 10.4. The highest BCUT2D eigenvalue weighted by Crippen LogP contribution is 2.31. The highest BCUT2D eigenvalue weighted by atomic mass is 19.1. The maximum absolute atomic E-state index is 14.0. The number of hydrogen-bond acceptors (Lipinski definition) is 15. The first-order valence-corrected chi connectivity index (χ1v) is 22.4. The van der Waals surface area contributed by atoms with Gasteiger partial charge in [-0.2, -0.15) is 29.3 Å². The third-order valence-electron chi connectivity index (χ3n) is 10.4. The molecule has 0 saturated carbocycles. The number of aromatic nitrogens is 6. The van der Waals surface area contributed by atoms with Gasteiger partial charge in [-0.15, -0.1) is 9.98 Å². The molecule has 0 aliphatic heterocycles. The van der Waals surface area contributed by atoms with Gasteiger partial charge in [0, 0.05) is 81.7 Å². The summed E-state index contributed by atoms with van der Waals surface area (Å²) in [5, 5.41) is 29.1. The second-order valence-corrected chi connectivity index (χ2v) is 16.3. The molecule has 6 N–H and O–H groups in total. The molecular formula is C52H45F5N11O10-. The van der Waals surface area contributed by atoms with Crippen molar-refractivity contribution >= 4 is 29.5 Å². The minimum Gasteiger partial charge on any atom is -1.00 e. The van der Waals surface area contributed by atoms with Crippen LogP contribution in [0.5, 0.6) is 34.5 Å². The van der Waals surface area contributed by atoms with Crippen molar-refractivity contribution in [3.8, 4) is 68.3 Å². The number of benzene rings is 6. The molecule has 0 saturated heterocycles. The lowest BCUT2D eigenvalue weighted by Gasteiger charge is -2.09. The fourth-order valence-electron chi connectivity index (χ4n) is 6.60. The molecule has 26 heteroatoms. The molecular weight excluding hydrogens is 1030 g/mol. The van der Waals surface area contributed by atoms with Gasteiger partial charge in [-0.25, -0.2) is 53.4 Å². The first-order valence-electron chi connectivity index (χ1n) is 22.4. The molecule has 3 amide bonds. The molecule has 404 valence electrons. The van der Waals surface area contributed by atoms with Gasteiger partial charge in [-0.1, -0.05) is 0 Å². The van der Waals surface area contributed by atoms with Crippen molar-refractivity contribution in [2.45, 2.75) is 0 Å². The number of hydrogen-bond donors (Lipinski definition) is 5. The summed E-state index contributed by atoms with van der Waals surface area (Å²) in [6, 6.07) is 35.4. The Bertz CT molecular complexity index is 3310. The number of amides is 3. The van der Waals surface area contributed by atoms with Crippen LogP contribution in [-0.4, -0.2) is 95.9 Å². The van der Waals surface area contributed by atoms with Crippen LogP contribution in [0.4, 0.5) is 43.3 Å². The molecule has 0 radical (unpaired) electrons. The highest BCUT2D eigenvalue weighted by Gasteiger charge is 2.14. The number of nitrogens with zero attached hydrogens (tertiary/aromatic N) is 8. The van der Waals surface area contributed by atoms with Gasteiger partial charge in [0.2, 0.25) is 0 Å². The number of carbonyl (C=O) groups is 3. The summed E-state index contributed by atoms with van der Waals surface area (Å²) in [7, 11) is 6.59. The van der Waals surface area contributed by atoms with Gasteiger partial charge in [0.25, 0.3) is 0 Å². The number of anilines is 2. The van der Waals surface area contributed by atoms with E-state index in [1.165, 1.54) is 55.7 Å². The van der Waals surface area contributed by atoms with Gasteiger partial charge in [-0.05, 0) is 127 Å². The number of primary amides is 1. The highest BCUT2D eigenvalue weighted by molar-refractivity contribution is 5.77. The Labute approximate surface area is 439 Å². The topological polar surface area (TPSA) is 248 Å². The van der Waals surface area contributed by atoms with E-state index in [-0.39, 0.29) is 45.4 Å². The van der Waals surface area contributed by atoms with Gasteiger partial charge in [0.05, 0.1) is 28.5 Å². The average molecular weight is 1080 g/mol. The van der Waals surface area contributed by atoms with E-state index in [1.807, 2.05) is 0 Å². The molecule has 9 aromatic rings. The van der Waals surface area contributed by atoms with Crippen LogP contribution in [-0.2, 0) is 9.98 Å². The third kappa shape index (κ3) is 15.0. The molecule has 9 rings (SSSR count). The summed E-state index contributed by atoms with van der Waals surface area (Å²) in [6.45, 7) is 0. The van der Waals surface area contributed by atoms with Crippen LogP contribution in [0.3, 0.4) is 0 Å². The monoisotopic (exact) mass is 1080 g/mol. The average Bonchev–Trinajstić information content (AvgIpc) is 4.24. The molecule has 6 aromatic carbocycles. The number of halogens is 5. The summed E-state index contributed by atoms with van der Waals surface area (Å²) in [6.07, 6.45) is 4.63. The molecule has 0 atom stereocenters. The van der Waals surface area contributed by atoms with Crippen LogP contribution < -0.4 is 35.6 Å². The Hall–Kier alpha value is -10.2. The van der Waals surface area contributed by atoms with Crippen molar-refractivity contribution in [1.29, 1.82) is 0 Å². The molecule has 21 nitrogen and oxygen atoms in total. The van der Waals surface area contributed by atoms with Crippen LogP contribution in [0.15, 0.2) is 164 Å². The zero-order valence-corrected chi connectivity index (χ0v) is 41.3. The lowest BCUT2D eigenvalue weighted by Crippen LogP contribution is -3.00. The second-order valence-electron chi connectivity index (χ2n) is 16.3. The molecule has 78 heavy (non-hydrogen) atoms. The van der Waals surface area contributed by atoms with Gasteiger partial charge in [0.15, 0.2) is 34.7 Å². The minimum absolute atomic E-state index is 0. The van der Waals surface area contributed by atoms with E-state index in [0.29, 0.717) is 34.3 Å². The fourth-order valence-corrected chi connectivity index (χ4v) is 6.60. The zero-order chi connectivity index (χ0) is 55.2. The van der Waals surface area contributed by atoms with Crippen LogP contribution >= 0.6 is 0 Å². The quantitative estimate of drug-likeness (QED) is 0.0415. The van der Waals surface area contributed by atoms with Gasteiger partial charge < -0.3 is 34.4 Å². The molecule has 3 aromatic heterocycles. The van der Waals surface area contributed by atoms with Crippen molar-refractivity contribution in [3.05, 3.63) is 187 Å². The molecule has 0 bridgehead atoms. The normalized spacial score (nSPS) is 10.4. The lowest BCUT2D eigenvalue weighted by molar-refractivity contribution is -0.215. The molecule has 3 heterocycles. The maximum atomic E-state index is 14.0. The van der Waals surface area contributed by atoms with E-state index < -0.39 is 29.3 Å². The lowest BCUT2D eigenvalue weighted by atomic mass is 10.1. The Balaban J connectivity index is 0.000000189. The SMILES string of the molecule is CN(C)C(=O)n1ccc(-c2ccc(Oc3ccc(NOO)cc3F)cc2)n1.CN(C)C(=O)n1ccc(-c2ccc(Oc3ccc(NOO)cc3F)cc2)n1.NC(=O)n1ccc(-c2ccc(Oc3ccc([18F])cc3F)cc2)n1.[18F-]. The number of nitrogens with one attached hydrogen (secondary N) is 2. The van der Waals surface area contributed by atoms with E-state index in [1.54, 1.807) is 132 Å². The summed E-state index contributed by atoms with van der Waals surface area (Å²) in [5.41, 5.74) is 13.9. The Morgan fingerprint density at radius 3 is 1.09 bits per heavy atom. The van der Waals surface area contributed by atoms with Crippen molar-refractivity contribution in [1.82, 2.24) is 39.1 Å². The fraction of sp³-hybridized carbons (Fsp3) is 0.0769. The Morgan fingerprint density at radius 2 is 0.795 bits per heavy atom. The number of carbonyl (C=O) groups excluding carboxylic acids is 3. The summed E-state index contributed by atoms with van der Waals surface area (Å²) < 4.78 is 74.3. The number of nitrogens with two attached hydrogens (primary N) is 1. The van der Waals surface area contributed by atoms with Crippen molar-refractivity contribution in [2.24, 2.45) is 5.73 Å². The summed E-state index contributed by atoms with van der Waals surface area (Å²) >= 11 is 0. The van der Waals surface area contributed by atoms with E-state index in [9.17, 15) is 31.9 Å². The van der Waals surface area contributed by atoms with E-state index in [4.69, 9.17) is 30.5 Å².